The van der Waals surface area contributed by atoms with E-state index < -0.39 is 0 Å². The molecule has 1 amide bonds. The lowest BCUT2D eigenvalue weighted by atomic mass is 9.99. The van der Waals surface area contributed by atoms with E-state index in [2.05, 4.69) is 21.2 Å². The van der Waals surface area contributed by atoms with E-state index in [1.807, 2.05) is 66.0 Å². The van der Waals surface area contributed by atoms with Crippen molar-refractivity contribution < 1.29 is 4.79 Å². The molecule has 3 rings (SSSR count). The third-order valence-corrected chi connectivity index (χ3v) is 5.00. The molecule has 0 unspecified atom stereocenters. The zero-order valence-corrected chi connectivity index (χ0v) is 14.2. The van der Waals surface area contributed by atoms with Gasteiger partial charge in [0.1, 0.15) is 0 Å². The maximum atomic E-state index is 12.5. The van der Waals surface area contributed by atoms with Crippen molar-refractivity contribution in [3.8, 4) is 11.1 Å². The maximum Gasteiger partial charge on any atom is 0.252 e. The number of nitrogens with one attached hydrogen (secondary N) is 1. The molecule has 4 heteroatoms. The van der Waals surface area contributed by atoms with Gasteiger partial charge >= 0.3 is 0 Å². The second kappa shape index (κ2) is 6.90. The van der Waals surface area contributed by atoms with Gasteiger partial charge in [0.15, 0.2) is 0 Å². The normalized spacial score (nSPS) is 10.4. The second-order valence-corrected chi connectivity index (χ2v) is 6.74. The van der Waals surface area contributed by atoms with Crippen LogP contribution < -0.4 is 5.32 Å². The number of hydrogen-bond acceptors (Lipinski definition) is 2. The first-order chi connectivity index (χ1) is 10.7. The third kappa shape index (κ3) is 3.46. The third-order valence-electron chi connectivity index (χ3n) is 3.30. The van der Waals surface area contributed by atoms with Crippen LogP contribution in [0.15, 0.2) is 70.5 Å². The molecule has 2 aromatic carbocycles. The van der Waals surface area contributed by atoms with E-state index >= 15 is 0 Å². The first-order valence-corrected chi connectivity index (χ1v) is 8.57. The molecular weight excluding hydrogens is 358 g/mol. The van der Waals surface area contributed by atoms with Crippen molar-refractivity contribution in [1.82, 2.24) is 5.32 Å². The fourth-order valence-electron chi connectivity index (χ4n) is 2.26. The largest absolute Gasteiger partial charge is 0.347 e. The van der Waals surface area contributed by atoms with Gasteiger partial charge in [0.25, 0.3) is 5.91 Å². The average molecular weight is 372 g/mol. The van der Waals surface area contributed by atoms with Gasteiger partial charge in [-0.15, -0.1) is 11.3 Å². The fraction of sp³-hybridized carbons (Fsp3) is 0.0556. The summed E-state index contributed by atoms with van der Waals surface area (Å²) >= 11 is 5.05. The molecule has 22 heavy (non-hydrogen) atoms. The summed E-state index contributed by atoms with van der Waals surface area (Å²) in [5.74, 6) is -0.0519. The predicted octanol–water partition coefficient (Wildman–Crippen LogP) is 5.11. The monoisotopic (exact) mass is 371 g/mol. The van der Waals surface area contributed by atoms with Crippen LogP contribution in [0.25, 0.3) is 11.1 Å². The number of amides is 1. The Morgan fingerprint density at radius 2 is 1.77 bits per heavy atom. The number of carbonyl (C=O) groups is 1. The van der Waals surface area contributed by atoms with Crippen molar-refractivity contribution in [3.63, 3.8) is 0 Å². The molecule has 0 aliphatic heterocycles. The van der Waals surface area contributed by atoms with Crippen LogP contribution in [0.5, 0.6) is 0 Å². The summed E-state index contributed by atoms with van der Waals surface area (Å²) in [5.41, 5.74) is 2.70. The Kier molecular flexibility index (Phi) is 4.71. The minimum atomic E-state index is -0.0519. The Balaban J connectivity index is 1.81. The maximum absolute atomic E-state index is 12.5. The lowest BCUT2D eigenvalue weighted by molar-refractivity contribution is 0.0952. The highest BCUT2D eigenvalue weighted by atomic mass is 79.9. The molecule has 0 fully saturated rings. The van der Waals surface area contributed by atoms with Crippen LogP contribution in [-0.2, 0) is 6.54 Å². The number of halogens is 1. The van der Waals surface area contributed by atoms with Gasteiger partial charge in [-0.25, -0.2) is 0 Å². The van der Waals surface area contributed by atoms with E-state index in [9.17, 15) is 4.79 Å². The Morgan fingerprint density at radius 3 is 2.50 bits per heavy atom. The minimum absolute atomic E-state index is 0.0519. The van der Waals surface area contributed by atoms with Crippen molar-refractivity contribution in [3.05, 3.63) is 81.0 Å². The molecule has 0 saturated carbocycles. The van der Waals surface area contributed by atoms with Crippen LogP contribution in [-0.4, -0.2) is 5.91 Å². The minimum Gasteiger partial charge on any atom is -0.347 e. The van der Waals surface area contributed by atoms with Crippen LogP contribution in [0.4, 0.5) is 0 Å². The molecule has 0 aliphatic carbocycles. The first kappa shape index (κ1) is 15.0. The van der Waals surface area contributed by atoms with Crippen molar-refractivity contribution in [1.29, 1.82) is 0 Å². The van der Waals surface area contributed by atoms with Crippen LogP contribution in [0, 0.1) is 0 Å². The quantitative estimate of drug-likeness (QED) is 0.678. The van der Waals surface area contributed by atoms with E-state index in [1.54, 1.807) is 11.3 Å². The topological polar surface area (TPSA) is 29.1 Å². The zero-order valence-electron chi connectivity index (χ0n) is 11.8. The fourth-order valence-corrected chi connectivity index (χ4v) is 3.65. The molecule has 1 N–H and O–H groups in total. The average Bonchev–Trinajstić information content (AvgIpc) is 2.99. The van der Waals surface area contributed by atoms with Gasteiger partial charge in [-0.05, 0) is 39.2 Å². The molecular formula is C18H14BrNOS. The van der Waals surface area contributed by atoms with Gasteiger partial charge < -0.3 is 5.32 Å². The van der Waals surface area contributed by atoms with Crippen LogP contribution in [0.1, 0.15) is 15.2 Å². The van der Waals surface area contributed by atoms with Gasteiger partial charge in [-0.1, -0.05) is 48.5 Å². The molecule has 0 radical (unpaired) electrons. The SMILES string of the molecule is O=C(NCc1cc(Br)cs1)c1ccccc1-c1ccccc1. The zero-order chi connectivity index (χ0) is 15.4. The molecule has 1 heterocycles. The van der Waals surface area contributed by atoms with E-state index in [-0.39, 0.29) is 5.91 Å². The molecule has 2 nitrogen and oxygen atoms in total. The second-order valence-electron chi connectivity index (χ2n) is 4.83. The summed E-state index contributed by atoms with van der Waals surface area (Å²) in [4.78, 5) is 13.6. The lowest BCUT2D eigenvalue weighted by Crippen LogP contribution is -2.22. The van der Waals surface area contributed by atoms with Gasteiger partial charge in [-0.3, -0.25) is 4.79 Å². The number of hydrogen-bond donors (Lipinski definition) is 1. The van der Waals surface area contributed by atoms with Crippen molar-refractivity contribution >= 4 is 33.2 Å². The first-order valence-electron chi connectivity index (χ1n) is 6.89. The van der Waals surface area contributed by atoms with Gasteiger partial charge in [0.2, 0.25) is 0 Å². The number of carbonyl (C=O) groups excluding carboxylic acids is 1. The molecule has 110 valence electrons. The van der Waals surface area contributed by atoms with E-state index in [4.69, 9.17) is 0 Å². The molecule has 0 aliphatic rings. The number of thiophene rings is 1. The summed E-state index contributed by atoms with van der Waals surface area (Å²) in [6.07, 6.45) is 0. The Labute approximate surface area is 141 Å². The molecule has 0 saturated heterocycles. The molecule has 0 spiro atoms. The smallest absolute Gasteiger partial charge is 0.252 e. The summed E-state index contributed by atoms with van der Waals surface area (Å²) in [7, 11) is 0. The molecule has 1 aromatic heterocycles. The highest BCUT2D eigenvalue weighted by Crippen LogP contribution is 2.24. The van der Waals surface area contributed by atoms with E-state index in [1.165, 1.54) is 0 Å². The highest BCUT2D eigenvalue weighted by Gasteiger charge is 2.12. The molecule has 0 atom stereocenters. The summed E-state index contributed by atoms with van der Waals surface area (Å²) in [6, 6.07) is 19.7. The van der Waals surface area contributed by atoms with Crippen LogP contribution in [0.3, 0.4) is 0 Å². The van der Waals surface area contributed by atoms with Crippen LogP contribution in [0.2, 0.25) is 0 Å². The Morgan fingerprint density at radius 1 is 1.05 bits per heavy atom. The number of benzene rings is 2. The number of rotatable bonds is 4. The summed E-state index contributed by atoms with van der Waals surface area (Å²) in [6.45, 7) is 0.540. The summed E-state index contributed by atoms with van der Waals surface area (Å²) < 4.78 is 1.05. The lowest BCUT2D eigenvalue weighted by Gasteiger charge is -2.10. The van der Waals surface area contributed by atoms with Crippen molar-refractivity contribution in [2.45, 2.75) is 6.54 Å². The van der Waals surface area contributed by atoms with Gasteiger partial charge in [0, 0.05) is 20.3 Å². The molecule has 3 aromatic rings. The van der Waals surface area contributed by atoms with Crippen molar-refractivity contribution in [2.24, 2.45) is 0 Å². The Bertz CT molecular complexity index is 783. The summed E-state index contributed by atoms with van der Waals surface area (Å²) in [5, 5.41) is 5.00. The van der Waals surface area contributed by atoms with Gasteiger partial charge in [0.05, 0.1) is 6.54 Å². The highest BCUT2D eigenvalue weighted by molar-refractivity contribution is 9.10. The standard InChI is InChI=1S/C18H14BrNOS/c19-14-10-15(22-12-14)11-20-18(21)17-9-5-4-8-16(17)13-6-2-1-3-7-13/h1-10,12H,11H2,(H,20,21). The van der Waals surface area contributed by atoms with Crippen molar-refractivity contribution in [2.75, 3.05) is 0 Å². The molecule has 0 bridgehead atoms. The van der Waals surface area contributed by atoms with Gasteiger partial charge in [-0.2, -0.15) is 0 Å². The Hall–Kier alpha value is -1.91. The van der Waals surface area contributed by atoms with Crippen LogP contribution >= 0.6 is 27.3 Å². The predicted molar refractivity (Wildman–Crippen MR) is 95.1 cm³/mol. The van der Waals surface area contributed by atoms with E-state index in [0.29, 0.717) is 12.1 Å². The van der Waals surface area contributed by atoms with E-state index in [0.717, 1.165) is 20.5 Å².